The van der Waals surface area contributed by atoms with Crippen LogP contribution in [-0.4, -0.2) is 37.2 Å². The molecule has 1 aromatic carbocycles. The molecule has 114 valence electrons. The molecule has 6 heteroatoms. The van der Waals surface area contributed by atoms with Gasteiger partial charge in [-0.25, -0.2) is 4.98 Å². The van der Waals surface area contributed by atoms with Crippen LogP contribution in [0.2, 0.25) is 0 Å². The molecule has 0 radical (unpaired) electrons. The Hall–Kier alpha value is -2.63. The molecule has 1 amide bonds. The van der Waals surface area contributed by atoms with E-state index in [1.54, 1.807) is 16.6 Å². The third-order valence-corrected chi connectivity index (χ3v) is 3.86. The molecule has 0 atom stereocenters. The molecule has 0 saturated heterocycles. The molecule has 0 unspecified atom stereocenters. The number of carbonyl (C=O) groups excluding carboxylic acids is 1. The second kappa shape index (κ2) is 6.01. The zero-order valence-electron chi connectivity index (χ0n) is 12.8. The molecule has 6 nitrogen and oxygen atoms in total. The van der Waals surface area contributed by atoms with Crippen LogP contribution in [0.15, 0.2) is 42.9 Å². The number of benzene rings is 1. The lowest BCUT2D eigenvalue weighted by Crippen LogP contribution is -2.28. The zero-order chi connectivity index (χ0) is 15.5. The Morgan fingerprint density at radius 2 is 2.09 bits per heavy atom. The van der Waals surface area contributed by atoms with Crippen LogP contribution in [0.4, 0.5) is 0 Å². The lowest BCUT2D eigenvalue weighted by Gasteiger charge is -2.16. The molecular weight excluding hydrogens is 278 g/mol. The van der Waals surface area contributed by atoms with Gasteiger partial charge < -0.3 is 9.47 Å². The molecule has 0 aliphatic rings. The molecule has 22 heavy (non-hydrogen) atoms. The summed E-state index contributed by atoms with van der Waals surface area (Å²) < 4.78 is 3.80. The van der Waals surface area contributed by atoms with E-state index in [4.69, 9.17) is 0 Å². The van der Waals surface area contributed by atoms with Gasteiger partial charge in [0.25, 0.3) is 0 Å². The summed E-state index contributed by atoms with van der Waals surface area (Å²) in [6, 6.07) is 10.3. The van der Waals surface area contributed by atoms with Crippen molar-refractivity contribution in [3.05, 3.63) is 48.7 Å². The van der Waals surface area contributed by atoms with Crippen LogP contribution in [0.5, 0.6) is 0 Å². The molecule has 0 bridgehead atoms. The third kappa shape index (κ3) is 2.86. The number of nitrogens with zero attached hydrogens (tertiary/aromatic N) is 5. The number of para-hydroxylation sites is 1. The summed E-state index contributed by atoms with van der Waals surface area (Å²) >= 11 is 0. The smallest absolute Gasteiger partial charge is 0.224 e. The maximum absolute atomic E-state index is 12.3. The van der Waals surface area contributed by atoms with Gasteiger partial charge in [0.2, 0.25) is 5.91 Å². The van der Waals surface area contributed by atoms with E-state index in [0.717, 1.165) is 11.3 Å². The van der Waals surface area contributed by atoms with Crippen LogP contribution in [0.25, 0.3) is 10.9 Å². The monoisotopic (exact) mass is 297 g/mol. The van der Waals surface area contributed by atoms with Gasteiger partial charge in [0.1, 0.15) is 12.2 Å². The minimum Gasteiger partial charge on any atom is -0.347 e. The summed E-state index contributed by atoms with van der Waals surface area (Å²) in [5.41, 5.74) is 1.16. The van der Waals surface area contributed by atoms with Gasteiger partial charge >= 0.3 is 0 Å². The van der Waals surface area contributed by atoms with E-state index >= 15 is 0 Å². The summed E-state index contributed by atoms with van der Waals surface area (Å²) in [7, 11) is 3.62. The number of aromatic nitrogens is 4. The first-order chi connectivity index (χ1) is 10.6. The fourth-order valence-electron chi connectivity index (χ4n) is 2.51. The summed E-state index contributed by atoms with van der Waals surface area (Å²) in [6.07, 6.45) is 3.99. The van der Waals surface area contributed by atoms with Crippen molar-refractivity contribution < 1.29 is 4.79 Å². The standard InChI is InChI=1S/C16H19N5O/c1-19(11-15-17-12-18-20(15)2)16(22)8-10-21-9-7-13-5-3-4-6-14(13)21/h3-7,9,12H,8,10-11H2,1-2H3. The lowest BCUT2D eigenvalue weighted by molar-refractivity contribution is -0.130. The Labute approximate surface area is 129 Å². The van der Waals surface area contributed by atoms with E-state index in [1.807, 2.05) is 25.4 Å². The summed E-state index contributed by atoms with van der Waals surface area (Å²) in [5, 5.41) is 5.21. The molecule has 2 aromatic heterocycles. The average Bonchev–Trinajstić information content (AvgIpc) is 3.11. The summed E-state index contributed by atoms with van der Waals surface area (Å²) in [5.74, 6) is 0.878. The predicted molar refractivity (Wildman–Crippen MR) is 84.0 cm³/mol. The van der Waals surface area contributed by atoms with Gasteiger partial charge in [-0.05, 0) is 17.5 Å². The quantitative estimate of drug-likeness (QED) is 0.722. The molecule has 0 spiro atoms. The van der Waals surface area contributed by atoms with Crippen molar-refractivity contribution in [2.75, 3.05) is 7.05 Å². The molecule has 2 heterocycles. The minimum absolute atomic E-state index is 0.0979. The molecule has 0 aliphatic heterocycles. The highest BCUT2D eigenvalue weighted by Crippen LogP contribution is 2.15. The molecule has 0 saturated carbocycles. The molecule has 3 aromatic rings. The number of fused-ring (bicyclic) bond motifs is 1. The van der Waals surface area contributed by atoms with Crippen LogP contribution >= 0.6 is 0 Å². The van der Waals surface area contributed by atoms with Gasteiger partial charge in [-0.15, -0.1) is 0 Å². The molecule has 0 N–H and O–H groups in total. The third-order valence-electron chi connectivity index (χ3n) is 3.86. The highest BCUT2D eigenvalue weighted by atomic mass is 16.2. The Kier molecular flexibility index (Phi) is 3.91. The topological polar surface area (TPSA) is 56.0 Å². The second-order valence-corrected chi connectivity index (χ2v) is 5.37. The maximum atomic E-state index is 12.3. The number of aryl methyl sites for hydroxylation is 2. The highest BCUT2D eigenvalue weighted by Gasteiger charge is 2.12. The number of carbonyl (C=O) groups is 1. The number of amides is 1. The highest BCUT2D eigenvalue weighted by molar-refractivity contribution is 5.80. The molecule has 0 aliphatic carbocycles. The molecule has 0 fully saturated rings. The normalized spacial score (nSPS) is 11.0. The van der Waals surface area contributed by atoms with Gasteiger partial charge in [-0.1, -0.05) is 18.2 Å². The van der Waals surface area contributed by atoms with E-state index < -0.39 is 0 Å². The van der Waals surface area contributed by atoms with Gasteiger partial charge in [0.15, 0.2) is 0 Å². The molecule has 3 rings (SSSR count). The fourth-order valence-corrected chi connectivity index (χ4v) is 2.51. The van der Waals surface area contributed by atoms with Crippen LogP contribution in [0, 0.1) is 0 Å². The van der Waals surface area contributed by atoms with Crippen LogP contribution < -0.4 is 0 Å². The van der Waals surface area contributed by atoms with E-state index in [-0.39, 0.29) is 5.91 Å². The maximum Gasteiger partial charge on any atom is 0.224 e. The lowest BCUT2D eigenvalue weighted by atomic mass is 10.2. The Morgan fingerprint density at radius 3 is 2.86 bits per heavy atom. The average molecular weight is 297 g/mol. The van der Waals surface area contributed by atoms with Crippen molar-refractivity contribution in [3.8, 4) is 0 Å². The Morgan fingerprint density at radius 1 is 1.27 bits per heavy atom. The van der Waals surface area contributed by atoms with Crippen molar-refractivity contribution in [3.63, 3.8) is 0 Å². The minimum atomic E-state index is 0.0979. The van der Waals surface area contributed by atoms with Crippen LogP contribution in [0.3, 0.4) is 0 Å². The summed E-state index contributed by atoms with van der Waals surface area (Å²) in [6.45, 7) is 1.15. The van der Waals surface area contributed by atoms with Crippen LogP contribution in [0.1, 0.15) is 12.2 Å². The largest absolute Gasteiger partial charge is 0.347 e. The SMILES string of the molecule is CN(Cc1ncnn1C)C(=O)CCn1ccc2ccccc21. The first-order valence-electron chi connectivity index (χ1n) is 7.26. The van der Waals surface area contributed by atoms with E-state index in [9.17, 15) is 4.79 Å². The van der Waals surface area contributed by atoms with Crippen molar-refractivity contribution >= 4 is 16.8 Å². The Balaban J connectivity index is 1.61. The summed E-state index contributed by atoms with van der Waals surface area (Å²) in [4.78, 5) is 18.1. The predicted octanol–water partition coefficient (Wildman–Crippen LogP) is 1.82. The van der Waals surface area contributed by atoms with E-state index in [1.165, 1.54) is 11.7 Å². The second-order valence-electron chi connectivity index (χ2n) is 5.37. The van der Waals surface area contributed by atoms with Crippen molar-refractivity contribution in [2.24, 2.45) is 7.05 Å². The van der Waals surface area contributed by atoms with Crippen LogP contribution in [-0.2, 0) is 24.9 Å². The fraction of sp³-hybridized carbons (Fsp3) is 0.312. The number of hydrogen-bond donors (Lipinski definition) is 0. The zero-order valence-corrected chi connectivity index (χ0v) is 12.8. The van der Waals surface area contributed by atoms with Gasteiger partial charge in [-0.3, -0.25) is 9.48 Å². The van der Waals surface area contributed by atoms with Crippen molar-refractivity contribution in [1.82, 2.24) is 24.2 Å². The first kappa shape index (κ1) is 14.3. The van der Waals surface area contributed by atoms with Crippen molar-refractivity contribution in [2.45, 2.75) is 19.5 Å². The van der Waals surface area contributed by atoms with E-state index in [0.29, 0.717) is 19.5 Å². The van der Waals surface area contributed by atoms with Gasteiger partial charge in [0.05, 0.1) is 6.54 Å². The Bertz CT molecular complexity index is 789. The number of hydrogen-bond acceptors (Lipinski definition) is 3. The molecular formula is C16H19N5O. The first-order valence-corrected chi connectivity index (χ1v) is 7.26. The van der Waals surface area contributed by atoms with Gasteiger partial charge in [0, 0.05) is 38.8 Å². The van der Waals surface area contributed by atoms with Gasteiger partial charge in [-0.2, -0.15) is 5.10 Å². The number of rotatable bonds is 5. The van der Waals surface area contributed by atoms with Crippen molar-refractivity contribution in [1.29, 1.82) is 0 Å². The van der Waals surface area contributed by atoms with E-state index in [2.05, 4.69) is 32.8 Å².